The van der Waals surface area contributed by atoms with Gasteiger partial charge in [0.2, 0.25) is 35.4 Å². The zero-order chi connectivity index (χ0) is 54.7. The second-order valence-electron chi connectivity index (χ2n) is 22.1. The standard InChI is InChI=1S/C56H78N8O10/c1-33(57-9)49(69)61-47(55(3,4)5)53(73)63-31-37(26-43(63)51(71)59-24-22-35-14-18-41(65)19-15-35)28-45(67)39-12-11-13-40(30-39)46(68)29-38-27-44(52(72)60-25-23-36-16-20-42(66)21-17-36)64(32-38)54(74)48(56(6,7)8)62-50(70)34(2)58-10/h11-21,30,33-34,37-38,43-44,47-48,57-58,65-66H,22-29,31-32H2,1-10H3,(H,59,71)(H,60,72)(H,61,69)(H,62,70)/t33-,34-,37+,38+,43-,44-,47+,48+/m0/s1. The molecule has 8 atom stereocenters. The van der Waals surface area contributed by atoms with Crippen LogP contribution in [0.15, 0.2) is 72.8 Å². The van der Waals surface area contributed by atoms with E-state index in [1.54, 1.807) is 94.7 Å². The van der Waals surface area contributed by atoms with Crippen LogP contribution >= 0.6 is 0 Å². The largest absolute Gasteiger partial charge is 0.508 e. The smallest absolute Gasteiger partial charge is 0.246 e. The molecular weight excluding hydrogens is 945 g/mol. The molecule has 402 valence electrons. The van der Waals surface area contributed by atoms with Gasteiger partial charge in [-0.3, -0.25) is 38.4 Å². The number of hydrogen-bond acceptors (Lipinski definition) is 12. The summed E-state index contributed by atoms with van der Waals surface area (Å²) >= 11 is 0. The normalized spacial score (nSPS) is 19.4. The third-order valence-electron chi connectivity index (χ3n) is 14.2. The number of Topliss-reactive ketones (excluding diaryl/α,β-unsaturated/α-hetero) is 2. The van der Waals surface area contributed by atoms with Gasteiger partial charge in [0.15, 0.2) is 11.6 Å². The summed E-state index contributed by atoms with van der Waals surface area (Å²) in [5.74, 6) is -3.68. The molecule has 2 heterocycles. The van der Waals surface area contributed by atoms with Crippen molar-refractivity contribution < 1.29 is 48.6 Å². The summed E-state index contributed by atoms with van der Waals surface area (Å²) in [4.78, 5) is 114. The van der Waals surface area contributed by atoms with Crippen LogP contribution in [-0.2, 0) is 41.6 Å². The molecule has 8 N–H and O–H groups in total. The van der Waals surface area contributed by atoms with Gasteiger partial charge in [-0.15, -0.1) is 0 Å². The topological polar surface area (TPSA) is 256 Å². The average molecular weight is 1020 g/mol. The highest BCUT2D eigenvalue weighted by Crippen LogP contribution is 2.33. The lowest BCUT2D eigenvalue weighted by atomic mass is 9.85. The molecule has 6 amide bonds. The minimum Gasteiger partial charge on any atom is -0.508 e. The number of phenols is 2. The third kappa shape index (κ3) is 15.7. The average Bonchev–Trinajstić information content (AvgIpc) is 3.99. The van der Waals surface area contributed by atoms with Crippen molar-refractivity contribution in [3.8, 4) is 11.5 Å². The van der Waals surface area contributed by atoms with E-state index in [1.165, 1.54) is 15.9 Å². The van der Waals surface area contributed by atoms with Gasteiger partial charge in [-0.2, -0.15) is 0 Å². The zero-order valence-electron chi connectivity index (χ0n) is 44.7. The summed E-state index contributed by atoms with van der Waals surface area (Å²) in [6, 6.07) is 14.6. The third-order valence-corrected chi connectivity index (χ3v) is 14.2. The molecule has 0 bridgehead atoms. The Hall–Kier alpha value is -6.66. The number of amides is 6. The van der Waals surface area contributed by atoms with E-state index in [4.69, 9.17) is 0 Å². The highest BCUT2D eigenvalue weighted by Gasteiger charge is 2.47. The molecule has 0 saturated carbocycles. The van der Waals surface area contributed by atoms with E-state index in [-0.39, 0.29) is 97.9 Å². The van der Waals surface area contributed by atoms with E-state index in [9.17, 15) is 48.6 Å². The highest BCUT2D eigenvalue weighted by molar-refractivity contribution is 6.02. The predicted octanol–water partition coefficient (Wildman–Crippen LogP) is 3.67. The Morgan fingerprint density at radius 3 is 1.24 bits per heavy atom. The maximum Gasteiger partial charge on any atom is 0.246 e. The molecule has 2 fully saturated rings. The lowest BCUT2D eigenvalue weighted by molar-refractivity contribution is -0.144. The lowest BCUT2D eigenvalue weighted by Crippen LogP contribution is -2.59. The number of carbonyl (C=O) groups is 8. The fourth-order valence-corrected chi connectivity index (χ4v) is 9.40. The number of carbonyl (C=O) groups excluding carboxylic acids is 8. The number of rotatable bonds is 22. The molecule has 18 heteroatoms. The Kier molecular flexibility index (Phi) is 20.1. The molecule has 18 nitrogen and oxygen atoms in total. The summed E-state index contributed by atoms with van der Waals surface area (Å²) in [7, 11) is 3.28. The first-order valence-corrected chi connectivity index (χ1v) is 25.6. The molecule has 0 aliphatic carbocycles. The number of nitrogens with one attached hydrogen (secondary N) is 6. The van der Waals surface area contributed by atoms with E-state index in [1.807, 2.05) is 41.5 Å². The van der Waals surface area contributed by atoms with Crippen molar-refractivity contribution in [1.82, 2.24) is 41.7 Å². The molecule has 2 aliphatic rings. The number of ketones is 2. The predicted molar refractivity (Wildman–Crippen MR) is 281 cm³/mol. The van der Waals surface area contributed by atoms with Crippen LogP contribution in [0.5, 0.6) is 11.5 Å². The summed E-state index contributed by atoms with van der Waals surface area (Å²) in [5.41, 5.74) is 0.827. The van der Waals surface area contributed by atoms with Gasteiger partial charge in [-0.1, -0.05) is 84.0 Å². The minimum atomic E-state index is -0.991. The van der Waals surface area contributed by atoms with Crippen LogP contribution in [0.25, 0.3) is 0 Å². The highest BCUT2D eigenvalue weighted by atomic mass is 16.3. The number of hydrogen-bond donors (Lipinski definition) is 8. The molecule has 2 saturated heterocycles. The Morgan fingerprint density at radius 1 is 0.568 bits per heavy atom. The van der Waals surface area contributed by atoms with Gasteiger partial charge >= 0.3 is 0 Å². The van der Waals surface area contributed by atoms with Crippen LogP contribution in [0.3, 0.4) is 0 Å². The summed E-state index contributed by atoms with van der Waals surface area (Å²) in [5, 5.41) is 36.8. The van der Waals surface area contributed by atoms with Gasteiger partial charge < -0.3 is 51.9 Å². The quantitative estimate of drug-likeness (QED) is 0.0672. The van der Waals surface area contributed by atoms with E-state index in [0.29, 0.717) is 12.8 Å². The van der Waals surface area contributed by atoms with Crippen molar-refractivity contribution >= 4 is 47.0 Å². The monoisotopic (exact) mass is 1020 g/mol. The van der Waals surface area contributed by atoms with Gasteiger partial charge in [0.25, 0.3) is 0 Å². The molecule has 0 spiro atoms. The lowest BCUT2D eigenvalue weighted by Gasteiger charge is -2.36. The molecule has 0 unspecified atom stereocenters. The van der Waals surface area contributed by atoms with Crippen LogP contribution in [0.2, 0.25) is 0 Å². The molecule has 0 aromatic heterocycles. The first-order chi connectivity index (χ1) is 34.8. The van der Waals surface area contributed by atoms with Crippen LogP contribution in [0, 0.1) is 22.7 Å². The summed E-state index contributed by atoms with van der Waals surface area (Å²) in [6.07, 6.45) is 1.21. The molecular formula is C56H78N8O10. The fourth-order valence-electron chi connectivity index (χ4n) is 9.40. The Morgan fingerprint density at radius 2 is 0.919 bits per heavy atom. The maximum atomic E-state index is 14.5. The van der Waals surface area contributed by atoms with Crippen molar-refractivity contribution in [2.75, 3.05) is 40.3 Å². The first-order valence-electron chi connectivity index (χ1n) is 25.6. The minimum absolute atomic E-state index is 0.0378. The number of likely N-dealkylation sites (N-methyl/N-ethyl adjacent to an activating group) is 2. The number of benzene rings is 3. The van der Waals surface area contributed by atoms with E-state index < -0.39 is 82.5 Å². The van der Waals surface area contributed by atoms with Gasteiger partial charge in [0.1, 0.15) is 35.7 Å². The summed E-state index contributed by atoms with van der Waals surface area (Å²) in [6.45, 7) is 15.0. The fraction of sp³-hybridized carbons (Fsp3) is 0.536. The molecule has 0 radical (unpaired) electrons. The van der Waals surface area contributed by atoms with Gasteiger partial charge in [-0.25, -0.2) is 0 Å². The van der Waals surface area contributed by atoms with Crippen molar-refractivity contribution in [2.24, 2.45) is 22.7 Å². The Bertz CT molecular complexity index is 2320. The van der Waals surface area contributed by atoms with Crippen molar-refractivity contribution in [3.63, 3.8) is 0 Å². The van der Waals surface area contributed by atoms with Crippen LogP contribution < -0.4 is 31.9 Å². The number of nitrogens with zero attached hydrogens (tertiary/aromatic N) is 2. The second-order valence-corrected chi connectivity index (χ2v) is 22.1. The molecule has 2 aliphatic heterocycles. The van der Waals surface area contributed by atoms with Crippen molar-refractivity contribution in [1.29, 1.82) is 0 Å². The van der Waals surface area contributed by atoms with E-state index in [0.717, 1.165) is 11.1 Å². The Labute approximate surface area is 435 Å². The molecule has 74 heavy (non-hydrogen) atoms. The zero-order valence-corrected chi connectivity index (χ0v) is 44.7. The van der Waals surface area contributed by atoms with Crippen LogP contribution in [-0.4, -0.2) is 144 Å². The first kappa shape index (κ1) is 58.2. The second kappa shape index (κ2) is 25.5. The number of aromatic hydroxyl groups is 2. The van der Waals surface area contributed by atoms with Gasteiger partial charge in [0, 0.05) is 50.1 Å². The van der Waals surface area contributed by atoms with E-state index >= 15 is 0 Å². The molecule has 5 rings (SSSR count). The van der Waals surface area contributed by atoms with E-state index in [2.05, 4.69) is 31.9 Å². The number of phenolic OH excluding ortho intramolecular Hbond substituents is 2. The van der Waals surface area contributed by atoms with Gasteiger partial charge in [-0.05, 0) is 118 Å². The maximum absolute atomic E-state index is 14.5. The van der Waals surface area contributed by atoms with Gasteiger partial charge in [0.05, 0.1) is 12.1 Å². The SMILES string of the molecule is CN[C@@H](C)C(=O)N[C@H](C(=O)N1C[C@@H](CC(=O)c2cccc(C(=O)C[C@H]3C[C@@H](C(=O)NCCc4ccc(O)cc4)N(C(=O)[C@@H](NC(=O)[C@H](C)NC)C(C)(C)C)C3)c2)C[C@H]1C(=O)NCCc1ccc(O)cc1)C(C)(C)C. The summed E-state index contributed by atoms with van der Waals surface area (Å²) < 4.78 is 0. The van der Waals surface area contributed by atoms with Crippen molar-refractivity contribution in [2.45, 2.75) is 130 Å². The Balaban J connectivity index is 1.32. The molecule has 3 aromatic carbocycles. The number of likely N-dealkylation sites (tertiary alicyclic amines) is 2. The van der Waals surface area contributed by atoms with Crippen LogP contribution in [0.1, 0.15) is 113 Å². The van der Waals surface area contributed by atoms with Crippen molar-refractivity contribution in [3.05, 3.63) is 95.1 Å². The van der Waals surface area contributed by atoms with Crippen LogP contribution in [0.4, 0.5) is 0 Å². The molecule has 3 aromatic rings.